The van der Waals surface area contributed by atoms with Crippen LogP contribution in [0, 0.1) is 18.3 Å². The van der Waals surface area contributed by atoms with Crippen molar-refractivity contribution in [2.24, 2.45) is 0 Å². The number of esters is 1. The van der Waals surface area contributed by atoms with E-state index >= 15 is 0 Å². The van der Waals surface area contributed by atoms with Gasteiger partial charge >= 0.3 is 5.97 Å². The fourth-order valence-corrected chi connectivity index (χ4v) is 2.78. The van der Waals surface area contributed by atoms with Crippen LogP contribution in [0.1, 0.15) is 11.1 Å². The van der Waals surface area contributed by atoms with Crippen LogP contribution in [0.2, 0.25) is 0 Å². The number of hydrogen-bond acceptors (Lipinski definition) is 5. The number of carbonyl (C=O) groups is 2. The van der Waals surface area contributed by atoms with E-state index in [1.165, 1.54) is 17.8 Å². The second-order valence-electron chi connectivity index (χ2n) is 5.29. The molecule has 0 aliphatic rings. The Morgan fingerprint density at radius 3 is 2.69 bits per heavy atom. The lowest BCUT2D eigenvalue weighted by Gasteiger charge is -2.09. The molecule has 0 unspecified atom stereocenters. The van der Waals surface area contributed by atoms with E-state index in [4.69, 9.17) is 10.00 Å². The van der Waals surface area contributed by atoms with Gasteiger partial charge in [0.05, 0.1) is 17.5 Å². The number of nitrogens with one attached hydrogen (secondary N) is 1. The minimum Gasteiger partial charge on any atom is -0.452 e. The highest BCUT2D eigenvalue weighted by atomic mass is 32.2. The van der Waals surface area contributed by atoms with Gasteiger partial charge in [-0.2, -0.15) is 5.26 Å². The van der Waals surface area contributed by atoms with E-state index in [1.54, 1.807) is 18.2 Å². The summed E-state index contributed by atoms with van der Waals surface area (Å²) in [6.07, 6.45) is 2.95. The maximum absolute atomic E-state index is 12.0. The molecular weight excluding hydrogens is 348 g/mol. The number of anilines is 1. The van der Waals surface area contributed by atoms with Gasteiger partial charge in [-0.1, -0.05) is 36.4 Å². The summed E-state index contributed by atoms with van der Waals surface area (Å²) in [4.78, 5) is 24.5. The highest BCUT2D eigenvalue weighted by molar-refractivity contribution is 7.99. The number of aryl methyl sites for hydroxylation is 1. The van der Waals surface area contributed by atoms with Gasteiger partial charge in [-0.3, -0.25) is 4.79 Å². The lowest BCUT2D eigenvalue weighted by Crippen LogP contribution is -2.20. The number of thioether (sulfide) groups is 1. The molecule has 0 heterocycles. The molecule has 0 fully saturated rings. The second-order valence-corrected chi connectivity index (χ2v) is 6.31. The maximum atomic E-state index is 12.0. The summed E-state index contributed by atoms with van der Waals surface area (Å²) in [6.45, 7) is 1.56. The number of nitrogens with zero attached hydrogens (tertiary/aromatic N) is 1. The van der Waals surface area contributed by atoms with Gasteiger partial charge in [-0.15, -0.1) is 11.8 Å². The van der Waals surface area contributed by atoms with Gasteiger partial charge in [-0.05, 0) is 36.3 Å². The van der Waals surface area contributed by atoms with Crippen LogP contribution < -0.4 is 5.32 Å². The van der Waals surface area contributed by atoms with Crippen molar-refractivity contribution in [1.29, 1.82) is 5.26 Å². The third-order valence-corrected chi connectivity index (χ3v) is 4.33. The Morgan fingerprint density at radius 2 is 1.92 bits per heavy atom. The van der Waals surface area contributed by atoms with E-state index in [1.807, 2.05) is 49.4 Å². The maximum Gasteiger partial charge on any atom is 0.331 e. The molecule has 2 aromatic carbocycles. The van der Waals surface area contributed by atoms with Crippen LogP contribution in [0.25, 0.3) is 6.08 Å². The van der Waals surface area contributed by atoms with Crippen LogP contribution in [0.5, 0.6) is 0 Å². The average molecular weight is 366 g/mol. The number of benzene rings is 2. The predicted molar refractivity (Wildman–Crippen MR) is 103 cm³/mol. The Bertz CT molecular complexity index is 856. The normalized spacial score (nSPS) is 10.3. The molecule has 2 rings (SSSR count). The zero-order valence-electron chi connectivity index (χ0n) is 14.3. The molecule has 5 nitrogen and oxygen atoms in total. The number of carbonyl (C=O) groups excluding carboxylic acids is 2. The van der Waals surface area contributed by atoms with Crippen LogP contribution in [0.15, 0.2) is 59.5 Å². The topological polar surface area (TPSA) is 79.2 Å². The van der Waals surface area contributed by atoms with Gasteiger partial charge < -0.3 is 10.1 Å². The summed E-state index contributed by atoms with van der Waals surface area (Å²) in [5, 5.41) is 11.4. The predicted octanol–water partition coefficient (Wildman–Crippen LogP) is 3.81. The first-order chi connectivity index (χ1) is 12.6. The van der Waals surface area contributed by atoms with E-state index in [-0.39, 0.29) is 12.4 Å². The van der Waals surface area contributed by atoms with Crippen LogP contribution >= 0.6 is 11.8 Å². The van der Waals surface area contributed by atoms with E-state index in [0.717, 1.165) is 16.0 Å². The Morgan fingerprint density at radius 1 is 1.19 bits per heavy atom. The van der Waals surface area contributed by atoms with Gasteiger partial charge in [0.25, 0.3) is 5.91 Å². The Labute approximate surface area is 156 Å². The van der Waals surface area contributed by atoms with Gasteiger partial charge in [0.1, 0.15) is 0 Å². The van der Waals surface area contributed by atoms with Crippen LogP contribution in [0.3, 0.4) is 0 Å². The standard InChI is InChI=1S/C20H18N2O3S/c1-15-6-2-3-7-16(15)10-11-20(24)25-14-19(23)22-17-8-4-5-9-18(17)26-13-12-21/h2-11H,13-14H2,1H3,(H,22,23)/b11-10+. The monoisotopic (exact) mass is 366 g/mol. The molecule has 0 saturated carbocycles. The molecule has 0 spiro atoms. The lowest BCUT2D eigenvalue weighted by molar-refractivity contribution is -0.142. The first-order valence-corrected chi connectivity index (χ1v) is 8.88. The quantitative estimate of drug-likeness (QED) is 0.458. The van der Waals surface area contributed by atoms with E-state index in [0.29, 0.717) is 5.69 Å². The first kappa shape index (κ1) is 19.3. The molecule has 0 saturated heterocycles. The smallest absolute Gasteiger partial charge is 0.331 e. The minimum atomic E-state index is -0.587. The van der Waals surface area contributed by atoms with E-state index in [9.17, 15) is 9.59 Å². The third kappa shape index (κ3) is 6.11. The van der Waals surface area contributed by atoms with E-state index < -0.39 is 11.9 Å². The molecule has 1 amide bonds. The molecule has 132 valence electrons. The van der Waals surface area contributed by atoms with E-state index in [2.05, 4.69) is 5.32 Å². The average Bonchev–Trinajstić information content (AvgIpc) is 2.65. The van der Waals surface area contributed by atoms with Crippen molar-refractivity contribution < 1.29 is 14.3 Å². The zero-order valence-corrected chi connectivity index (χ0v) is 15.1. The van der Waals surface area contributed by atoms with Gasteiger partial charge in [0.15, 0.2) is 6.61 Å². The fourth-order valence-electron chi connectivity index (χ4n) is 2.11. The second kappa shape index (κ2) is 10.1. The van der Waals surface area contributed by atoms with Crippen molar-refractivity contribution in [2.75, 3.05) is 17.7 Å². The molecule has 0 bridgehead atoms. The molecule has 0 aliphatic carbocycles. The number of amides is 1. The summed E-state index contributed by atoms with van der Waals surface area (Å²) in [5.41, 5.74) is 2.54. The largest absolute Gasteiger partial charge is 0.452 e. The summed E-state index contributed by atoms with van der Waals surface area (Å²) < 4.78 is 4.96. The summed E-state index contributed by atoms with van der Waals surface area (Å²) in [7, 11) is 0. The zero-order chi connectivity index (χ0) is 18.8. The van der Waals surface area contributed by atoms with Crippen molar-refractivity contribution in [3.8, 4) is 6.07 Å². The lowest BCUT2D eigenvalue weighted by atomic mass is 10.1. The van der Waals surface area contributed by atoms with Crippen molar-refractivity contribution in [1.82, 2.24) is 0 Å². The molecule has 0 radical (unpaired) electrons. The van der Waals surface area contributed by atoms with Gasteiger partial charge in [0.2, 0.25) is 0 Å². The number of hydrogen-bond donors (Lipinski definition) is 1. The van der Waals surface area contributed by atoms with Crippen molar-refractivity contribution in [3.63, 3.8) is 0 Å². The molecule has 0 aromatic heterocycles. The molecule has 0 atom stereocenters. The molecule has 1 N–H and O–H groups in total. The Balaban J connectivity index is 1.86. The Kier molecular flexibility index (Phi) is 7.47. The molecule has 2 aromatic rings. The first-order valence-electron chi connectivity index (χ1n) is 7.89. The third-order valence-electron chi connectivity index (χ3n) is 3.39. The van der Waals surface area contributed by atoms with Gasteiger partial charge in [-0.25, -0.2) is 4.79 Å². The van der Waals surface area contributed by atoms with Crippen molar-refractivity contribution in [3.05, 3.63) is 65.7 Å². The fraction of sp³-hybridized carbons (Fsp3) is 0.150. The SMILES string of the molecule is Cc1ccccc1/C=C/C(=O)OCC(=O)Nc1ccccc1SCC#N. The van der Waals surface area contributed by atoms with Crippen molar-refractivity contribution in [2.45, 2.75) is 11.8 Å². The molecule has 26 heavy (non-hydrogen) atoms. The number of rotatable bonds is 7. The molecule has 6 heteroatoms. The highest BCUT2D eigenvalue weighted by Gasteiger charge is 2.09. The number of nitriles is 1. The minimum absolute atomic E-state index is 0.283. The summed E-state index contributed by atoms with van der Waals surface area (Å²) in [6, 6.07) is 16.8. The highest BCUT2D eigenvalue weighted by Crippen LogP contribution is 2.26. The molecule has 0 aliphatic heterocycles. The van der Waals surface area contributed by atoms with Crippen LogP contribution in [-0.4, -0.2) is 24.2 Å². The number of ether oxygens (including phenoxy) is 1. The number of para-hydroxylation sites is 1. The van der Waals surface area contributed by atoms with Crippen LogP contribution in [-0.2, 0) is 14.3 Å². The summed E-state index contributed by atoms with van der Waals surface area (Å²) in [5.74, 6) is -0.742. The Hall–Kier alpha value is -3.04. The summed E-state index contributed by atoms with van der Waals surface area (Å²) >= 11 is 1.33. The van der Waals surface area contributed by atoms with Crippen LogP contribution in [0.4, 0.5) is 5.69 Å². The van der Waals surface area contributed by atoms with Gasteiger partial charge in [0, 0.05) is 11.0 Å². The van der Waals surface area contributed by atoms with Crippen molar-refractivity contribution >= 4 is 35.4 Å². The molecular formula is C20H18N2O3S.